The normalized spacial score (nSPS) is 10.6. The molecule has 4 heteroatoms. The van der Waals surface area contributed by atoms with Gasteiger partial charge >= 0.3 is 0 Å². The van der Waals surface area contributed by atoms with Gasteiger partial charge in [-0.3, -0.25) is 0 Å². The highest BCUT2D eigenvalue weighted by Gasteiger charge is 2.04. The van der Waals surface area contributed by atoms with Gasteiger partial charge in [-0.2, -0.15) is 0 Å². The number of ether oxygens (including phenoxy) is 2. The Balaban J connectivity index is 2.07. The second-order valence-electron chi connectivity index (χ2n) is 4.83. The van der Waals surface area contributed by atoms with Gasteiger partial charge in [0.2, 0.25) is 0 Å². The molecule has 0 saturated carbocycles. The number of halogens is 1. The number of hydrogen-bond acceptors (Lipinski definition) is 3. The maximum absolute atomic E-state index is 13.1. The van der Waals surface area contributed by atoms with Crippen LogP contribution in [0.4, 0.5) is 10.1 Å². The molecule has 2 aromatic rings. The Kier molecular flexibility index (Phi) is 5.72. The zero-order valence-corrected chi connectivity index (χ0v) is 12.4. The molecule has 0 fully saturated rings. The molecule has 2 rings (SSSR count). The second-order valence-corrected chi connectivity index (χ2v) is 4.83. The minimum absolute atomic E-state index is 0.218. The number of hydrogen-bond donors (Lipinski definition) is 1. The van der Waals surface area contributed by atoms with Crippen LogP contribution in [0.15, 0.2) is 42.5 Å². The third-order valence-corrected chi connectivity index (χ3v) is 3.19. The molecule has 0 spiro atoms. The van der Waals surface area contributed by atoms with Gasteiger partial charge in [-0.25, -0.2) is 4.39 Å². The highest BCUT2D eigenvalue weighted by Crippen LogP contribution is 2.18. The topological polar surface area (TPSA) is 30.5 Å². The van der Waals surface area contributed by atoms with Crippen molar-refractivity contribution in [3.05, 3.63) is 65.0 Å². The maximum atomic E-state index is 13.1. The van der Waals surface area contributed by atoms with Gasteiger partial charge in [0.15, 0.2) is 0 Å². The largest absolute Gasteiger partial charge is 0.381 e. The fourth-order valence-corrected chi connectivity index (χ4v) is 2.17. The molecular weight excluding hydrogens is 269 g/mol. The van der Waals surface area contributed by atoms with Crippen LogP contribution in [0.2, 0.25) is 0 Å². The summed E-state index contributed by atoms with van der Waals surface area (Å²) in [7, 11) is 3.34. The molecule has 0 aliphatic carbocycles. The lowest BCUT2D eigenvalue weighted by atomic mass is 10.1. The Morgan fingerprint density at radius 2 is 1.71 bits per heavy atom. The average Bonchev–Trinajstić information content (AvgIpc) is 2.48. The Bertz CT molecular complexity index is 587. The summed E-state index contributed by atoms with van der Waals surface area (Å²) in [5.41, 5.74) is 4.08. The minimum atomic E-state index is -0.218. The lowest BCUT2D eigenvalue weighted by molar-refractivity contribution is 0.168. The number of methoxy groups -OCH3 is 2. The van der Waals surface area contributed by atoms with Crippen LogP contribution >= 0.6 is 0 Å². The van der Waals surface area contributed by atoms with E-state index in [-0.39, 0.29) is 5.82 Å². The molecule has 0 aliphatic rings. The summed E-state index contributed by atoms with van der Waals surface area (Å²) in [6.45, 7) is 1.67. The molecule has 1 N–H and O–H groups in total. The van der Waals surface area contributed by atoms with Crippen molar-refractivity contribution in [3.8, 4) is 0 Å². The van der Waals surface area contributed by atoms with E-state index in [1.165, 1.54) is 12.1 Å². The molecule has 21 heavy (non-hydrogen) atoms. The van der Waals surface area contributed by atoms with E-state index in [2.05, 4.69) is 5.32 Å². The van der Waals surface area contributed by atoms with E-state index in [0.717, 1.165) is 22.4 Å². The van der Waals surface area contributed by atoms with Gasteiger partial charge < -0.3 is 14.8 Å². The molecule has 2 aromatic carbocycles. The monoisotopic (exact) mass is 289 g/mol. The molecule has 0 saturated heterocycles. The molecule has 0 aromatic heterocycles. The van der Waals surface area contributed by atoms with Crippen LogP contribution in [-0.2, 0) is 29.2 Å². The molecule has 0 aliphatic heterocycles. The van der Waals surface area contributed by atoms with Crippen molar-refractivity contribution < 1.29 is 13.9 Å². The van der Waals surface area contributed by atoms with Crippen LogP contribution in [0.3, 0.4) is 0 Å². The molecule has 0 heterocycles. The van der Waals surface area contributed by atoms with Crippen LogP contribution in [0.1, 0.15) is 16.7 Å². The molecule has 112 valence electrons. The summed E-state index contributed by atoms with van der Waals surface area (Å²) in [6.07, 6.45) is 0. The highest BCUT2D eigenvalue weighted by atomic mass is 19.1. The maximum Gasteiger partial charge on any atom is 0.123 e. The summed E-state index contributed by atoms with van der Waals surface area (Å²) in [4.78, 5) is 0. The number of anilines is 1. The van der Waals surface area contributed by atoms with Crippen LogP contribution in [0, 0.1) is 5.82 Å². The van der Waals surface area contributed by atoms with Gasteiger partial charge in [0.05, 0.1) is 13.2 Å². The van der Waals surface area contributed by atoms with Crippen molar-refractivity contribution in [2.24, 2.45) is 0 Å². The molecule has 0 radical (unpaired) electrons. The number of rotatable bonds is 7. The van der Waals surface area contributed by atoms with E-state index in [9.17, 15) is 4.39 Å². The van der Waals surface area contributed by atoms with Crippen molar-refractivity contribution in [2.75, 3.05) is 19.5 Å². The van der Waals surface area contributed by atoms with E-state index >= 15 is 0 Å². The average molecular weight is 289 g/mol. The van der Waals surface area contributed by atoms with Crippen molar-refractivity contribution >= 4 is 5.69 Å². The molecule has 0 unspecified atom stereocenters. The third kappa shape index (κ3) is 4.55. The Labute approximate surface area is 124 Å². The minimum Gasteiger partial charge on any atom is -0.381 e. The predicted molar refractivity (Wildman–Crippen MR) is 81.6 cm³/mol. The highest BCUT2D eigenvalue weighted by molar-refractivity contribution is 5.49. The molecular formula is C17H20FNO2. The lowest BCUT2D eigenvalue weighted by Gasteiger charge is -2.12. The third-order valence-electron chi connectivity index (χ3n) is 3.19. The van der Waals surface area contributed by atoms with Gasteiger partial charge in [0.25, 0.3) is 0 Å². The van der Waals surface area contributed by atoms with Crippen molar-refractivity contribution in [3.63, 3.8) is 0 Å². The van der Waals surface area contributed by atoms with Crippen LogP contribution in [0.25, 0.3) is 0 Å². The molecule has 0 bridgehead atoms. The Morgan fingerprint density at radius 1 is 0.952 bits per heavy atom. The van der Waals surface area contributed by atoms with Gasteiger partial charge in [-0.1, -0.05) is 18.2 Å². The molecule has 3 nitrogen and oxygen atoms in total. The van der Waals surface area contributed by atoms with Crippen molar-refractivity contribution in [2.45, 2.75) is 19.8 Å². The van der Waals surface area contributed by atoms with Crippen LogP contribution in [0.5, 0.6) is 0 Å². The summed E-state index contributed by atoms with van der Waals surface area (Å²) in [6, 6.07) is 12.6. The van der Waals surface area contributed by atoms with Crippen molar-refractivity contribution in [1.82, 2.24) is 0 Å². The van der Waals surface area contributed by atoms with Crippen molar-refractivity contribution in [1.29, 1.82) is 0 Å². The first-order valence-electron chi connectivity index (χ1n) is 6.81. The standard InChI is InChI=1S/C17H20FNO2/c1-20-11-14-6-7-17(9-15(14)12-21-2)19-10-13-4-3-5-16(18)8-13/h3-9,19H,10-12H2,1-2H3. The van der Waals surface area contributed by atoms with Gasteiger partial charge in [0.1, 0.15) is 5.82 Å². The lowest BCUT2D eigenvalue weighted by Crippen LogP contribution is -2.03. The number of nitrogens with one attached hydrogen (secondary N) is 1. The summed E-state index contributed by atoms with van der Waals surface area (Å²) in [5, 5.41) is 3.29. The SMILES string of the molecule is COCc1ccc(NCc2cccc(F)c2)cc1COC. The fraction of sp³-hybridized carbons (Fsp3) is 0.294. The van der Waals surface area contributed by atoms with E-state index in [0.29, 0.717) is 19.8 Å². The zero-order valence-electron chi connectivity index (χ0n) is 12.4. The van der Waals surface area contributed by atoms with Crippen LogP contribution < -0.4 is 5.32 Å². The fourth-order valence-electron chi connectivity index (χ4n) is 2.17. The van der Waals surface area contributed by atoms with E-state index < -0.39 is 0 Å². The summed E-state index contributed by atoms with van der Waals surface area (Å²) >= 11 is 0. The number of benzene rings is 2. The van der Waals surface area contributed by atoms with Gasteiger partial charge in [-0.15, -0.1) is 0 Å². The first-order valence-corrected chi connectivity index (χ1v) is 6.81. The quantitative estimate of drug-likeness (QED) is 0.842. The van der Waals surface area contributed by atoms with Gasteiger partial charge in [0, 0.05) is 26.5 Å². The van der Waals surface area contributed by atoms with E-state index in [1.54, 1.807) is 20.3 Å². The van der Waals surface area contributed by atoms with Gasteiger partial charge in [-0.05, 0) is 41.0 Å². The molecule has 0 atom stereocenters. The summed E-state index contributed by atoms with van der Waals surface area (Å²) in [5.74, 6) is -0.218. The van der Waals surface area contributed by atoms with E-state index in [4.69, 9.17) is 9.47 Å². The zero-order chi connectivity index (χ0) is 15.1. The van der Waals surface area contributed by atoms with E-state index in [1.807, 2.05) is 24.3 Å². The first-order chi connectivity index (χ1) is 10.2. The Morgan fingerprint density at radius 3 is 2.43 bits per heavy atom. The smallest absolute Gasteiger partial charge is 0.123 e. The summed E-state index contributed by atoms with van der Waals surface area (Å²) < 4.78 is 23.5. The Hall–Kier alpha value is -1.91. The van der Waals surface area contributed by atoms with Crippen LogP contribution in [-0.4, -0.2) is 14.2 Å². The second kappa shape index (κ2) is 7.76. The molecule has 0 amide bonds. The first kappa shape index (κ1) is 15.5. The predicted octanol–water partition coefficient (Wildman–Crippen LogP) is 3.73.